The topological polar surface area (TPSA) is 115 Å². The number of hydrogen-bond donors (Lipinski definition) is 4. The number of nitrogens with zero attached hydrogens (tertiary/aromatic N) is 2. The van der Waals surface area contributed by atoms with Crippen LogP contribution in [-0.4, -0.2) is 33.2 Å². The molecule has 2 aromatic heterocycles. The molecule has 0 saturated carbocycles. The quantitative estimate of drug-likeness (QED) is 0.213. The van der Waals surface area contributed by atoms with E-state index in [0.29, 0.717) is 28.0 Å². The minimum atomic E-state index is -0.510. The molecule has 6 N–H and O–H groups in total. The van der Waals surface area contributed by atoms with Gasteiger partial charge in [0.15, 0.2) is 5.82 Å². The first-order valence-electron chi connectivity index (χ1n) is 12.6. The van der Waals surface area contributed by atoms with Crippen molar-refractivity contribution in [2.45, 2.75) is 58.2 Å². The van der Waals surface area contributed by atoms with Crippen LogP contribution >= 0.6 is 11.6 Å². The normalized spacial score (nSPS) is 13.2. The van der Waals surface area contributed by atoms with E-state index in [0.717, 1.165) is 49.9 Å². The molecule has 2 aromatic carbocycles. The first kappa shape index (κ1) is 27.0. The van der Waals surface area contributed by atoms with Crippen molar-refractivity contribution in [3.8, 4) is 16.9 Å². The maximum Gasteiger partial charge on any atom is 0.354 e. The van der Waals surface area contributed by atoms with E-state index in [9.17, 15) is 9.18 Å². The molecular formula is C28H34ClFN6O. The number of benzene rings is 2. The molecule has 7 nitrogen and oxygen atoms in total. The van der Waals surface area contributed by atoms with E-state index in [-0.39, 0.29) is 17.1 Å². The Kier molecular flexibility index (Phi) is 8.76. The molecule has 0 amide bonds. The summed E-state index contributed by atoms with van der Waals surface area (Å²) < 4.78 is 16.5. The molecule has 4 aromatic rings. The molecule has 0 bridgehead atoms. The molecule has 0 aliphatic rings. The number of nitrogens with one attached hydrogen (secondary N) is 2. The molecule has 37 heavy (non-hydrogen) atoms. The maximum absolute atomic E-state index is 15.0. The molecule has 0 spiro atoms. The summed E-state index contributed by atoms with van der Waals surface area (Å²) >= 11 is 6.21. The number of halogens is 2. The predicted molar refractivity (Wildman–Crippen MR) is 149 cm³/mol. The van der Waals surface area contributed by atoms with Gasteiger partial charge >= 0.3 is 5.69 Å². The molecule has 0 aliphatic heterocycles. The zero-order valence-corrected chi connectivity index (χ0v) is 22.0. The molecule has 4 rings (SSSR count). The fourth-order valence-corrected chi connectivity index (χ4v) is 4.52. The number of nitrogens with two attached hydrogens (primary N) is 2. The smallest absolute Gasteiger partial charge is 0.339 e. The lowest BCUT2D eigenvalue weighted by atomic mass is 10.0. The highest BCUT2D eigenvalue weighted by molar-refractivity contribution is 6.31. The van der Waals surface area contributed by atoms with Gasteiger partial charge in [0.1, 0.15) is 5.65 Å². The second-order valence-electron chi connectivity index (χ2n) is 9.80. The zero-order valence-electron chi connectivity index (χ0n) is 21.2. The monoisotopic (exact) mass is 524 g/mol. The average Bonchev–Trinajstić information content (AvgIpc) is 3.26. The lowest BCUT2D eigenvalue weighted by Crippen LogP contribution is -2.23. The lowest BCUT2D eigenvalue weighted by molar-refractivity contribution is 0.589. The largest absolute Gasteiger partial charge is 0.354 e. The number of fused-ring (bicyclic) bond motifs is 1. The van der Waals surface area contributed by atoms with Crippen LogP contribution < -0.4 is 22.5 Å². The lowest BCUT2D eigenvalue weighted by Gasteiger charge is -2.09. The molecule has 196 valence electrons. The summed E-state index contributed by atoms with van der Waals surface area (Å²) in [5.74, 6) is -0.510. The third-order valence-electron chi connectivity index (χ3n) is 6.33. The van der Waals surface area contributed by atoms with E-state index in [1.54, 1.807) is 24.4 Å². The van der Waals surface area contributed by atoms with Crippen LogP contribution in [0.4, 0.5) is 4.39 Å². The Morgan fingerprint density at radius 3 is 2.51 bits per heavy atom. The van der Waals surface area contributed by atoms with Gasteiger partial charge in [-0.15, -0.1) is 0 Å². The van der Waals surface area contributed by atoms with Gasteiger partial charge in [0, 0.05) is 35.8 Å². The van der Waals surface area contributed by atoms with Crippen LogP contribution in [0, 0.1) is 5.82 Å². The number of hydrogen-bond acceptors (Lipinski definition) is 5. The third kappa shape index (κ3) is 6.84. The van der Waals surface area contributed by atoms with Crippen molar-refractivity contribution in [3.63, 3.8) is 0 Å². The van der Waals surface area contributed by atoms with Crippen LogP contribution in [0.25, 0.3) is 28.0 Å². The molecule has 0 saturated heterocycles. The summed E-state index contributed by atoms with van der Waals surface area (Å²) in [4.78, 5) is 20.1. The van der Waals surface area contributed by atoms with Gasteiger partial charge in [0.25, 0.3) is 0 Å². The van der Waals surface area contributed by atoms with Crippen LogP contribution in [0.5, 0.6) is 0 Å². The highest BCUT2D eigenvalue weighted by Gasteiger charge is 2.15. The van der Waals surface area contributed by atoms with Crippen molar-refractivity contribution in [2.24, 2.45) is 11.5 Å². The van der Waals surface area contributed by atoms with E-state index in [4.69, 9.17) is 23.1 Å². The molecular weight excluding hydrogens is 491 g/mol. The number of aromatic amines is 1. The number of H-pyrrole nitrogens is 1. The van der Waals surface area contributed by atoms with E-state index >= 15 is 0 Å². The molecule has 2 heterocycles. The van der Waals surface area contributed by atoms with Gasteiger partial charge in [-0.1, -0.05) is 23.7 Å². The van der Waals surface area contributed by atoms with Crippen molar-refractivity contribution in [2.75, 3.05) is 6.54 Å². The van der Waals surface area contributed by atoms with Crippen LogP contribution in [0.3, 0.4) is 0 Å². The molecule has 9 heteroatoms. The Morgan fingerprint density at radius 2 is 1.81 bits per heavy atom. The van der Waals surface area contributed by atoms with Crippen LogP contribution in [-0.2, 0) is 13.0 Å². The maximum atomic E-state index is 15.0. The summed E-state index contributed by atoms with van der Waals surface area (Å²) in [6.07, 6.45) is 5.13. The highest BCUT2D eigenvalue weighted by Crippen LogP contribution is 2.31. The van der Waals surface area contributed by atoms with E-state index < -0.39 is 11.5 Å². The van der Waals surface area contributed by atoms with Gasteiger partial charge in [-0.3, -0.25) is 4.57 Å². The van der Waals surface area contributed by atoms with Gasteiger partial charge in [0.2, 0.25) is 0 Å². The molecule has 2 atom stereocenters. The van der Waals surface area contributed by atoms with Gasteiger partial charge in [0.05, 0.1) is 16.4 Å². The van der Waals surface area contributed by atoms with Gasteiger partial charge in [-0.05, 0) is 87.5 Å². The van der Waals surface area contributed by atoms with Crippen molar-refractivity contribution < 1.29 is 4.39 Å². The Bertz CT molecular complexity index is 1410. The van der Waals surface area contributed by atoms with Crippen molar-refractivity contribution in [3.05, 3.63) is 81.1 Å². The van der Waals surface area contributed by atoms with E-state index in [2.05, 4.69) is 15.3 Å². The van der Waals surface area contributed by atoms with E-state index in [1.807, 2.05) is 38.1 Å². The third-order valence-corrected chi connectivity index (χ3v) is 6.61. The molecule has 1 unspecified atom stereocenters. The van der Waals surface area contributed by atoms with Crippen molar-refractivity contribution in [1.82, 2.24) is 19.9 Å². The minimum absolute atomic E-state index is 0.0617. The van der Waals surface area contributed by atoms with Gasteiger partial charge < -0.3 is 21.8 Å². The second-order valence-corrected chi connectivity index (χ2v) is 10.2. The minimum Gasteiger partial charge on any atom is -0.339 e. The predicted octanol–water partition coefficient (Wildman–Crippen LogP) is 4.67. The van der Waals surface area contributed by atoms with Gasteiger partial charge in [-0.2, -0.15) is 4.98 Å². The van der Waals surface area contributed by atoms with Gasteiger partial charge in [-0.25, -0.2) is 9.18 Å². The number of aryl methyl sites for hydroxylation is 1. The summed E-state index contributed by atoms with van der Waals surface area (Å²) in [5.41, 5.74) is 15.2. The first-order chi connectivity index (χ1) is 17.7. The number of aromatic nitrogens is 3. The zero-order chi connectivity index (χ0) is 26.5. The highest BCUT2D eigenvalue weighted by atomic mass is 35.5. The van der Waals surface area contributed by atoms with Crippen LogP contribution in [0.15, 0.2) is 53.5 Å². The van der Waals surface area contributed by atoms with Crippen molar-refractivity contribution >= 4 is 22.6 Å². The summed E-state index contributed by atoms with van der Waals surface area (Å²) in [6.45, 7) is 5.52. The first-order valence-corrected chi connectivity index (χ1v) is 13.0. The second kappa shape index (κ2) is 12.0. The Balaban J connectivity index is 1.57. The summed E-state index contributed by atoms with van der Waals surface area (Å²) in [5, 5.41) is 4.11. The standard InChI is InChI=1S/C28H34ClFN6O/c1-17(31)4-3-5-20-12-23(26(30)24(29)13-20)25-14-21-16-36(28(37)35-27(21)34-25)22-8-6-19(7-9-22)15-33-11-10-18(2)32/h6-9,12-14,16-18,33H,3-5,10-11,15,31-32H2,1-2H3,(H,34,35,37)/t17-,18?/m0/s1. The summed E-state index contributed by atoms with van der Waals surface area (Å²) in [7, 11) is 0. The number of rotatable bonds is 11. The van der Waals surface area contributed by atoms with Crippen LogP contribution in [0.1, 0.15) is 44.2 Å². The Morgan fingerprint density at radius 1 is 1.08 bits per heavy atom. The fraction of sp³-hybridized carbons (Fsp3) is 0.357. The van der Waals surface area contributed by atoms with Crippen molar-refractivity contribution in [1.29, 1.82) is 0 Å². The SMILES string of the molecule is CC(N)CCNCc1ccc(-n2cc3cc(-c4cc(CCC[C@H](C)N)cc(Cl)c4F)[nH]c3nc2=O)cc1. The molecule has 0 fully saturated rings. The molecule has 0 aliphatic carbocycles. The fourth-order valence-electron chi connectivity index (χ4n) is 4.28. The Hall–Kier alpha value is -3.04. The van der Waals surface area contributed by atoms with E-state index in [1.165, 1.54) is 4.57 Å². The summed E-state index contributed by atoms with van der Waals surface area (Å²) in [6, 6.07) is 13.2. The van der Waals surface area contributed by atoms with Crippen LogP contribution in [0.2, 0.25) is 5.02 Å². The Labute approximate surface area is 221 Å². The average molecular weight is 525 g/mol. The molecule has 0 radical (unpaired) electrons.